The molecule has 0 radical (unpaired) electrons. The van der Waals surface area contributed by atoms with Gasteiger partial charge in [0.15, 0.2) is 0 Å². The molecule has 3 unspecified atom stereocenters. The van der Waals surface area contributed by atoms with Gasteiger partial charge < -0.3 is 4.90 Å². The van der Waals surface area contributed by atoms with Crippen LogP contribution in [0, 0.1) is 30.1 Å². The minimum absolute atomic E-state index is 0.223. The number of benzene rings is 1. The van der Waals surface area contributed by atoms with Crippen molar-refractivity contribution in [3.8, 4) is 0 Å². The van der Waals surface area contributed by atoms with Crippen molar-refractivity contribution in [1.82, 2.24) is 14.7 Å². The van der Waals surface area contributed by atoms with E-state index < -0.39 is 0 Å². The van der Waals surface area contributed by atoms with Crippen LogP contribution < -0.4 is 0 Å². The summed E-state index contributed by atoms with van der Waals surface area (Å²) in [6.45, 7) is 19.6. The number of carbonyl (C=O) groups is 1. The zero-order chi connectivity index (χ0) is 25.7. The van der Waals surface area contributed by atoms with Crippen LogP contribution in [-0.2, 0) is 11.3 Å². The number of hydrogen-bond acceptors (Lipinski definition) is 3. The van der Waals surface area contributed by atoms with Crippen LogP contribution in [0.1, 0.15) is 77.3 Å². The predicted octanol–water partition coefficient (Wildman–Crippen LogP) is 6.15. The summed E-state index contributed by atoms with van der Waals surface area (Å²) in [4.78, 5) is 20.4. The molecule has 1 saturated heterocycles. The van der Waals surface area contributed by atoms with Gasteiger partial charge in [-0.15, -0.1) is 0 Å². The van der Waals surface area contributed by atoms with Gasteiger partial charge in [0.1, 0.15) is 0 Å². The molecule has 4 heteroatoms. The molecule has 1 amide bonds. The first-order chi connectivity index (χ1) is 17.3. The minimum atomic E-state index is 0.223. The number of piperazine rings is 1. The Balaban J connectivity index is 1.32. The zero-order valence-electron chi connectivity index (χ0n) is 23.8. The number of rotatable bonds is 12. The van der Waals surface area contributed by atoms with Gasteiger partial charge in [-0.2, -0.15) is 0 Å². The van der Waals surface area contributed by atoms with Crippen LogP contribution >= 0.6 is 0 Å². The summed E-state index contributed by atoms with van der Waals surface area (Å²) in [5.41, 5.74) is 4.91. The van der Waals surface area contributed by atoms with Gasteiger partial charge in [-0.3, -0.25) is 14.6 Å². The minimum Gasteiger partial charge on any atom is -0.340 e. The third-order valence-electron chi connectivity index (χ3n) is 9.68. The number of aryl methyl sites for hydroxylation is 1. The second kappa shape index (κ2) is 12.3. The van der Waals surface area contributed by atoms with E-state index in [-0.39, 0.29) is 5.92 Å². The SMILES string of the molecule is CCCCC(CC)C(=O)N1CCN(CCN(CC2=CCC3CC2C3(C)C)Cc2ccc(C)cc2)CC1. The number of carbonyl (C=O) groups excluding carboxylic acids is 1. The van der Waals surface area contributed by atoms with Gasteiger partial charge in [-0.1, -0.05) is 82.0 Å². The van der Waals surface area contributed by atoms with Gasteiger partial charge in [0.25, 0.3) is 0 Å². The molecule has 3 atom stereocenters. The fraction of sp³-hybridized carbons (Fsp3) is 0.719. The van der Waals surface area contributed by atoms with Gasteiger partial charge in [0, 0.05) is 58.3 Å². The highest BCUT2D eigenvalue weighted by Gasteiger charge is 2.51. The Bertz CT molecular complexity index is 881. The molecule has 4 aliphatic rings. The van der Waals surface area contributed by atoms with Crippen molar-refractivity contribution in [2.24, 2.45) is 23.2 Å². The van der Waals surface area contributed by atoms with Crippen LogP contribution in [0.5, 0.6) is 0 Å². The number of hydrogen-bond donors (Lipinski definition) is 0. The molecule has 0 N–H and O–H groups in total. The van der Waals surface area contributed by atoms with E-state index in [2.05, 4.69) is 79.7 Å². The zero-order valence-corrected chi connectivity index (χ0v) is 23.8. The molecule has 2 fully saturated rings. The van der Waals surface area contributed by atoms with E-state index in [0.717, 1.165) is 83.5 Å². The van der Waals surface area contributed by atoms with Crippen molar-refractivity contribution < 1.29 is 4.79 Å². The van der Waals surface area contributed by atoms with Crippen molar-refractivity contribution in [2.75, 3.05) is 45.8 Å². The van der Waals surface area contributed by atoms with Crippen LogP contribution in [-0.4, -0.2) is 66.4 Å². The number of nitrogens with zero attached hydrogens (tertiary/aromatic N) is 3. The third-order valence-corrected chi connectivity index (χ3v) is 9.68. The summed E-state index contributed by atoms with van der Waals surface area (Å²) in [6, 6.07) is 9.09. The Hall–Kier alpha value is -1.65. The van der Waals surface area contributed by atoms with E-state index in [4.69, 9.17) is 0 Å². The molecular formula is C32H51N3O. The Morgan fingerprint density at radius 2 is 1.81 bits per heavy atom. The lowest BCUT2D eigenvalue weighted by molar-refractivity contribution is -0.137. The number of allylic oxidation sites excluding steroid dienone is 1. The van der Waals surface area contributed by atoms with E-state index in [1.807, 2.05) is 0 Å². The van der Waals surface area contributed by atoms with Crippen LogP contribution in [0.3, 0.4) is 0 Å². The average molecular weight is 494 g/mol. The molecule has 1 aliphatic heterocycles. The molecule has 5 rings (SSSR count). The molecule has 0 aromatic heterocycles. The Morgan fingerprint density at radius 3 is 2.42 bits per heavy atom. The molecule has 36 heavy (non-hydrogen) atoms. The Labute approximate surface area is 221 Å². The maximum Gasteiger partial charge on any atom is 0.225 e. The van der Waals surface area contributed by atoms with Crippen molar-refractivity contribution in [3.63, 3.8) is 0 Å². The van der Waals surface area contributed by atoms with Gasteiger partial charge in [0.05, 0.1) is 0 Å². The maximum absolute atomic E-state index is 13.0. The first kappa shape index (κ1) is 27.4. The second-order valence-corrected chi connectivity index (χ2v) is 12.4. The highest BCUT2D eigenvalue weighted by atomic mass is 16.2. The van der Waals surface area contributed by atoms with Gasteiger partial charge in [0.2, 0.25) is 5.91 Å². The smallest absolute Gasteiger partial charge is 0.225 e. The summed E-state index contributed by atoms with van der Waals surface area (Å²) >= 11 is 0. The van der Waals surface area contributed by atoms with E-state index in [1.54, 1.807) is 5.57 Å². The van der Waals surface area contributed by atoms with Gasteiger partial charge in [-0.05, 0) is 55.4 Å². The highest BCUT2D eigenvalue weighted by Crippen LogP contribution is 2.59. The Morgan fingerprint density at radius 1 is 1.08 bits per heavy atom. The lowest BCUT2D eigenvalue weighted by Gasteiger charge is -2.57. The molecular weight excluding hydrogens is 442 g/mol. The summed E-state index contributed by atoms with van der Waals surface area (Å²) in [7, 11) is 0. The third kappa shape index (κ3) is 6.42. The molecule has 2 bridgehead atoms. The quantitative estimate of drug-likeness (QED) is 0.327. The molecule has 0 spiro atoms. The monoisotopic (exact) mass is 493 g/mol. The normalized spacial score (nSPS) is 24.4. The van der Waals surface area contributed by atoms with Crippen molar-refractivity contribution in [3.05, 3.63) is 47.0 Å². The van der Waals surface area contributed by atoms with Crippen molar-refractivity contribution in [1.29, 1.82) is 0 Å². The fourth-order valence-corrected chi connectivity index (χ4v) is 6.77. The number of amides is 1. The summed E-state index contributed by atoms with van der Waals surface area (Å²) < 4.78 is 0. The standard InChI is InChI=1S/C32H51N3O/c1-6-8-9-27(7-2)31(36)35-20-18-33(19-21-35)16-17-34(23-26-12-10-25(3)11-13-26)24-28-14-15-29-22-30(28)32(29,4)5/h10-14,27,29-30H,6-9,15-24H2,1-5H3. The lowest BCUT2D eigenvalue weighted by atomic mass is 9.49. The number of fused-ring (bicyclic) bond motifs is 1. The van der Waals surface area contributed by atoms with Gasteiger partial charge in [-0.25, -0.2) is 0 Å². The molecule has 4 nitrogen and oxygen atoms in total. The van der Waals surface area contributed by atoms with E-state index in [0.29, 0.717) is 11.3 Å². The second-order valence-electron chi connectivity index (χ2n) is 12.4. The summed E-state index contributed by atoms with van der Waals surface area (Å²) in [5, 5.41) is 0. The van der Waals surface area contributed by atoms with Crippen LogP contribution in [0.25, 0.3) is 0 Å². The highest BCUT2D eigenvalue weighted by molar-refractivity contribution is 5.78. The summed E-state index contributed by atoms with van der Waals surface area (Å²) in [5.74, 6) is 2.29. The van der Waals surface area contributed by atoms with E-state index in [1.165, 1.54) is 30.4 Å². The maximum atomic E-state index is 13.0. The van der Waals surface area contributed by atoms with E-state index >= 15 is 0 Å². The first-order valence-corrected chi connectivity index (χ1v) is 14.8. The number of unbranched alkanes of at least 4 members (excludes halogenated alkanes) is 1. The fourth-order valence-electron chi connectivity index (χ4n) is 6.77. The molecule has 1 aromatic rings. The predicted molar refractivity (Wildman–Crippen MR) is 151 cm³/mol. The van der Waals surface area contributed by atoms with Crippen LogP contribution in [0.2, 0.25) is 0 Å². The van der Waals surface area contributed by atoms with Crippen molar-refractivity contribution in [2.45, 2.75) is 79.7 Å². The Kier molecular flexibility index (Phi) is 9.33. The molecule has 1 aromatic carbocycles. The molecule has 1 heterocycles. The average Bonchev–Trinajstić information content (AvgIpc) is 2.89. The topological polar surface area (TPSA) is 26.8 Å². The first-order valence-electron chi connectivity index (χ1n) is 14.8. The van der Waals surface area contributed by atoms with Gasteiger partial charge >= 0.3 is 0 Å². The molecule has 1 saturated carbocycles. The summed E-state index contributed by atoms with van der Waals surface area (Å²) in [6.07, 6.45) is 9.59. The molecule has 3 aliphatic carbocycles. The van der Waals surface area contributed by atoms with Crippen LogP contribution in [0.4, 0.5) is 0 Å². The lowest BCUT2D eigenvalue weighted by Crippen LogP contribution is -2.52. The van der Waals surface area contributed by atoms with Crippen molar-refractivity contribution >= 4 is 5.91 Å². The van der Waals surface area contributed by atoms with E-state index in [9.17, 15) is 4.79 Å². The van der Waals surface area contributed by atoms with Crippen LogP contribution in [0.15, 0.2) is 35.9 Å². The largest absolute Gasteiger partial charge is 0.340 e. The molecule has 200 valence electrons.